The summed E-state index contributed by atoms with van der Waals surface area (Å²) in [5.74, 6) is -0.214. The van der Waals surface area contributed by atoms with Crippen molar-refractivity contribution in [2.24, 2.45) is 0 Å². The zero-order chi connectivity index (χ0) is 8.32. The van der Waals surface area contributed by atoms with E-state index in [-0.39, 0.29) is 5.97 Å². The summed E-state index contributed by atoms with van der Waals surface area (Å²) < 4.78 is 9.79. The SMILES string of the molecule is CCOC(=O)C1(NC)COC1. The van der Waals surface area contributed by atoms with Gasteiger partial charge in [0.15, 0.2) is 5.54 Å². The lowest BCUT2D eigenvalue weighted by Gasteiger charge is -2.38. The van der Waals surface area contributed by atoms with Crippen LogP contribution in [-0.4, -0.2) is 38.4 Å². The van der Waals surface area contributed by atoms with Crippen molar-refractivity contribution in [1.29, 1.82) is 0 Å². The molecule has 4 heteroatoms. The first kappa shape index (κ1) is 8.49. The number of carbonyl (C=O) groups excluding carboxylic acids is 1. The molecule has 1 aliphatic rings. The third-order valence-electron chi connectivity index (χ3n) is 1.84. The van der Waals surface area contributed by atoms with Crippen LogP contribution in [0, 0.1) is 0 Å². The lowest BCUT2D eigenvalue weighted by molar-refractivity contribution is -0.171. The highest BCUT2D eigenvalue weighted by molar-refractivity contribution is 5.82. The van der Waals surface area contributed by atoms with Gasteiger partial charge in [0.2, 0.25) is 0 Å². The van der Waals surface area contributed by atoms with Gasteiger partial charge in [-0.25, -0.2) is 4.79 Å². The molecule has 1 N–H and O–H groups in total. The monoisotopic (exact) mass is 159 g/mol. The maximum Gasteiger partial charge on any atom is 0.331 e. The van der Waals surface area contributed by atoms with Crippen molar-refractivity contribution in [3.63, 3.8) is 0 Å². The molecule has 1 aliphatic heterocycles. The van der Waals surface area contributed by atoms with Crippen molar-refractivity contribution < 1.29 is 14.3 Å². The third kappa shape index (κ3) is 1.36. The highest BCUT2D eigenvalue weighted by atomic mass is 16.6. The molecule has 11 heavy (non-hydrogen) atoms. The Morgan fingerprint density at radius 1 is 1.73 bits per heavy atom. The summed E-state index contributed by atoms with van der Waals surface area (Å²) in [6.07, 6.45) is 0. The molecule has 0 spiro atoms. The number of likely N-dealkylation sites (N-methyl/N-ethyl adjacent to an activating group) is 1. The molecule has 4 nitrogen and oxygen atoms in total. The molecule has 0 unspecified atom stereocenters. The van der Waals surface area contributed by atoms with E-state index in [4.69, 9.17) is 9.47 Å². The first-order valence-corrected chi connectivity index (χ1v) is 3.69. The fraction of sp³-hybridized carbons (Fsp3) is 0.857. The minimum atomic E-state index is -0.560. The average molecular weight is 159 g/mol. The number of nitrogens with one attached hydrogen (secondary N) is 1. The predicted octanol–water partition coefficient (Wildman–Crippen LogP) is -0.462. The zero-order valence-electron chi connectivity index (χ0n) is 6.85. The number of ether oxygens (including phenoxy) is 2. The van der Waals surface area contributed by atoms with Crippen LogP contribution in [-0.2, 0) is 14.3 Å². The maximum atomic E-state index is 11.2. The quantitative estimate of drug-likeness (QED) is 0.566. The molecule has 0 aromatic heterocycles. The number of hydrogen-bond donors (Lipinski definition) is 1. The minimum Gasteiger partial charge on any atom is -0.464 e. The van der Waals surface area contributed by atoms with E-state index in [1.807, 2.05) is 0 Å². The van der Waals surface area contributed by atoms with E-state index >= 15 is 0 Å². The molecule has 0 atom stereocenters. The van der Waals surface area contributed by atoms with Crippen molar-refractivity contribution >= 4 is 5.97 Å². The minimum absolute atomic E-state index is 0.214. The Bertz CT molecular complexity index is 148. The number of hydrogen-bond acceptors (Lipinski definition) is 4. The van der Waals surface area contributed by atoms with Crippen LogP contribution in [0.15, 0.2) is 0 Å². The standard InChI is InChI=1S/C7H13NO3/c1-3-11-6(9)7(8-2)4-10-5-7/h8H,3-5H2,1-2H3. The van der Waals surface area contributed by atoms with Gasteiger partial charge in [-0.05, 0) is 14.0 Å². The Morgan fingerprint density at radius 3 is 2.64 bits per heavy atom. The van der Waals surface area contributed by atoms with Gasteiger partial charge >= 0.3 is 5.97 Å². The van der Waals surface area contributed by atoms with Gasteiger partial charge in [0.1, 0.15) is 0 Å². The van der Waals surface area contributed by atoms with Crippen LogP contribution in [0.3, 0.4) is 0 Å². The molecule has 0 aliphatic carbocycles. The van der Waals surface area contributed by atoms with Crippen LogP contribution in [0.1, 0.15) is 6.92 Å². The van der Waals surface area contributed by atoms with Crippen molar-refractivity contribution in [2.45, 2.75) is 12.5 Å². The molecule has 0 radical (unpaired) electrons. The van der Waals surface area contributed by atoms with Gasteiger partial charge in [0, 0.05) is 0 Å². The second kappa shape index (κ2) is 3.19. The van der Waals surface area contributed by atoms with E-state index in [1.54, 1.807) is 14.0 Å². The molecule has 1 rings (SSSR count). The van der Waals surface area contributed by atoms with Crippen LogP contribution in [0.4, 0.5) is 0 Å². The number of rotatable bonds is 3. The highest BCUT2D eigenvalue weighted by Crippen LogP contribution is 2.17. The van der Waals surface area contributed by atoms with Crippen LogP contribution in [0.5, 0.6) is 0 Å². The summed E-state index contributed by atoms with van der Waals surface area (Å²) in [4.78, 5) is 11.2. The summed E-state index contributed by atoms with van der Waals surface area (Å²) in [6.45, 7) is 3.05. The molecule has 0 saturated carbocycles. The van der Waals surface area contributed by atoms with Crippen molar-refractivity contribution in [2.75, 3.05) is 26.9 Å². The molecular formula is C7H13NO3. The Morgan fingerprint density at radius 2 is 2.36 bits per heavy atom. The van der Waals surface area contributed by atoms with E-state index in [9.17, 15) is 4.79 Å². The van der Waals surface area contributed by atoms with Crippen LogP contribution < -0.4 is 5.32 Å². The van der Waals surface area contributed by atoms with E-state index in [1.165, 1.54) is 0 Å². The Balaban J connectivity index is 2.47. The van der Waals surface area contributed by atoms with Gasteiger partial charge < -0.3 is 14.8 Å². The molecular weight excluding hydrogens is 146 g/mol. The van der Waals surface area contributed by atoms with Gasteiger partial charge in [-0.15, -0.1) is 0 Å². The second-order valence-corrected chi connectivity index (χ2v) is 2.55. The first-order chi connectivity index (χ1) is 5.25. The molecule has 0 aromatic carbocycles. The summed E-state index contributed by atoms with van der Waals surface area (Å²) in [5.41, 5.74) is -0.560. The number of esters is 1. The lowest BCUT2D eigenvalue weighted by Crippen LogP contribution is -2.65. The highest BCUT2D eigenvalue weighted by Gasteiger charge is 2.45. The van der Waals surface area contributed by atoms with E-state index in [0.717, 1.165) is 0 Å². The van der Waals surface area contributed by atoms with Crippen molar-refractivity contribution in [3.05, 3.63) is 0 Å². The van der Waals surface area contributed by atoms with Crippen LogP contribution in [0.25, 0.3) is 0 Å². The molecule has 0 amide bonds. The maximum absolute atomic E-state index is 11.2. The normalized spacial score (nSPS) is 20.5. The van der Waals surface area contributed by atoms with Crippen molar-refractivity contribution in [3.8, 4) is 0 Å². The lowest BCUT2D eigenvalue weighted by atomic mass is 9.98. The smallest absolute Gasteiger partial charge is 0.331 e. The first-order valence-electron chi connectivity index (χ1n) is 3.69. The van der Waals surface area contributed by atoms with Crippen molar-refractivity contribution in [1.82, 2.24) is 5.32 Å². The van der Waals surface area contributed by atoms with E-state index in [2.05, 4.69) is 5.32 Å². The summed E-state index contributed by atoms with van der Waals surface area (Å²) in [6, 6.07) is 0. The van der Waals surface area contributed by atoms with E-state index in [0.29, 0.717) is 19.8 Å². The second-order valence-electron chi connectivity index (χ2n) is 2.55. The summed E-state index contributed by atoms with van der Waals surface area (Å²) in [5, 5.41) is 2.90. The zero-order valence-corrected chi connectivity index (χ0v) is 6.85. The largest absolute Gasteiger partial charge is 0.464 e. The Kier molecular flexibility index (Phi) is 2.46. The summed E-state index contributed by atoms with van der Waals surface area (Å²) >= 11 is 0. The molecule has 1 saturated heterocycles. The predicted molar refractivity (Wildman–Crippen MR) is 39.2 cm³/mol. The van der Waals surface area contributed by atoms with E-state index < -0.39 is 5.54 Å². The van der Waals surface area contributed by atoms with Crippen LogP contribution in [0.2, 0.25) is 0 Å². The fourth-order valence-corrected chi connectivity index (χ4v) is 0.940. The molecule has 1 heterocycles. The van der Waals surface area contributed by atoms with Gasteiger partial charge in [-0.1, -0.05) is 0 Å². The molecule has 0 aromatic rings. The summed E-state index contributed by atoms with van der Waals surface area (Å²) in [7, 11) is 1.74. The molecule has 0 bridgehead atoms. The molecule has 64 valence electrons. The van der Waals surface area contributed by atoms with Gasteiger partial charge in [-0.3, -0.25) is 0 Å². The Labute approximate surface area is 65.9 Å². The van der Waals surface area contributed by atoms with Crippen LogP contribution >= 0.6 is 0 Å². The average Bonchev–Trinajstić information content (AvgIpc) is 1.87. The Hall–Kier alpha value is -0.610. The topological polar surface area (TPSA) is 47.6 Å². The number of carbonyl (C=O) groups is 1. The third-order valence-corrected chi connectivity index (χ3v) is 1.84. The van der Waals surface area contributed by atoms with Gasteiger partial charge in [-0.2, -0.15) is 0 Å². The van der Waals surface area contributed by atoms with Gasteiger partial charge in [0.05, 0.1) is 19.8 Å². The molecule has 1 fully saturated rings. The fourth-order valence-electron chi connectivity index (χ4n) is 0.940. The van der Waals surface area contributed by atoms with Gasteiger partial charge in [0.25, 0.3) is 0 Å².